The number of benzene rings is 1. The van der Waals surface area contributed by atoms with Crippen molar-refractivity contribution in [3.05, 3.63) is 35.9 Å². The fourth-order valence-corrected chi connectivity index (χ4v) is 4.41. The minimum Gasteiger partial charge on any atom is -0.481 e. The van der Waals surface area contributed by atoms with Gasteiger partial charge in [0.15, 0.2) is 0 Å². The predicted molar refractivity (Wildman–Crippen MR) is 89.4 cm³/mol. The van der Waals surface area contributed by atoms with E-state index in [4.69, 9.17) is 4.74 Å². The SMILES string of the molecule is CC1(C)CCC2(CN(C(=O)OCc3ccccc3)CC2C(=O)O)C1. The van der Waals surface area contributed by atoms with Gasteiger partial charge in [0.1, 0.15) is 6.61 Å². The molecule has 1 saturated heterocycles. The van der Waals surface area contributed by atoms with Crippen LogP contribution in [0, 0.1) is 16.7 Å². The highest BCUT2D eigenvalue weighted by Crippen LogP contribution is 2.56. The normalized spacial score (nSPS) is 28.2. The number of hydrogen-bond acceptors (Lipinski definition) is 3. The number of carboxylic acids is 1. The molecule has 1 heterocycles. The maximum Gasteiger partial charge on any atom is 0.410 e. The number of likely N-dealkylation sites (tertiary alicyclic amines) is 1. The van der Waals surface area contributed by atoms with E-state index in [0.29, 0.717) is 6.54 Å². The first-order valence-corrected chi connectivity index (χ1v) is 8.50. The van der Waals surface area contributed by atoms with E-state index in [1.807, 2.05) is 30.3 Å². The second-order valence-corrected chi connectivity index (χ2v) is 8.01. The lowest BCUT2D eigenvalue weighted by molar-refractivity contribution is -0.144. The lowest BCUT2D eigenvalue weighted by atomic mass is 9.74. The molecule has 1 aliphatic heterocycles. The smallest absolute Gasteiger partial charge is 0.410 e. The molecule has 1 saturated carbocycles. The van der Waals surface area contributed by atoms with Crippen LogP contribution < -0.4 is 0 Å². The highest BCUT2D eigenvalue weighted by Gasteiger charge is 2.56. The average Bonchev–Trinajstić information content (AvgIpc) is 3.06. The Kier molecular flexibility index (Phi) is 4.28. The lowest BCUT2D eigenvalue weighted by Crippen LogP contribution is -2.33. The molecule has 1 aliphatic carbocycles. The molecule has 1 spiro atoms. The van der Waals surface area contributed by atoms with E-state index in [0.717, 1.165) is 24.8 Å². The molecule has 2 fully saturated rings. The molecular formula is C19H25NO4. The zero-order chi connectivity index (χ0) is 17.4. The molecule has 0 bridgehead atoms. The van der Waals surface area contributed by atoms with Crippen LogP contribution in [0.25, 0.3) is 0 Å². The molecule has 24 heavy (non-hydrogen) atoms. The summed E-state index contributed by atoms with van der Waals surface area (Å²) in [4.78, 5) is 25.7. The summed E-state index contributed by atoms with van der Waals surface area (Å²) in [6.07, 6.45) is 2.30. The standard InChI is InChI=1S/C19H25NO4/c1-18(2)8-9-19(12-18)13-20(10-15(19)16(21)22)17(23)24-11-14-6-4-3-5-7-14/h3-7,15H,8-13H2,1-2H3,(H,21,22). The van der Waals surface area contributed by atoms with Crippen LogP contribution in [-0.4, -0.2) is 35.2 Å². The number of hydrogen-bond donors (Lipinski definition) is 1. The Labute approximate surface area is 142 Å². The van der Waals surface area contributed by atoms with Gasteiger partial charge in [-0.05, 0) is 30.2 Å². The number of aliphatic carboxylic acids is 1. The largest absolute Gasteiger partial charge is 0.481 e. The van der Waals surface area contributed by atoms with E-state index in [-0.39, 0.29) is 24.0 Å². The Hall–Kier alpha value is -2.04. The van der Waals surface area contributed by atoms with Gasteiger partial charge in [-0.1, -0.05) is 44.2 Å². The van der Waals surface area contributed by atoms with Crippen molar-refractivity contribution in [2.75, 3.05) is 13.1 Å². The zero-order valence-corrected chi connectivity index (χ0v) is 14.3. The number of carbonyl (C=O) groups excluding carboxylic acids is 1. The van der Waals surface area contributed by atoms with Crippen LogP contribution in [0.3, 0.4) is 0 Å². The summed E-state index contributed by atoms with van der Waals surface area (Å²) in [6, 6.07) is 9.51. The molecule has 130 valence electrons. The van der Waals surface area contributed by atoms with Crippen LogP contribution in [0.2, 0.25) is 0 Å². The van der Waals surface area contributed by atoms with E-state index < -0.39 is 18.0 Å². The van der Waals surface area contributed by atoms with Gasteiger partial charge >= 0.3 is 12.1 Å². The summed E-state index contributed by atoms with van der Waals surface area (Å²) in [7, 11) is 0. The second kappa shape index (κ2) is 6.11. The molecule has 1 aromatic rings. The van der Waals surface area contributed by atoms with Crippen molar-refractivity contribution < 1.29 is 19.4 Å². The fraction of sp³-hybridized carbons (Fsp3) is 0.579. The van der Waals surface area contributed by atoms with E-state index in [2.05, 4.69) is 13.8 Å². The number of ether oxygens (including phenoxy) is 1. The zero-order valence-electron chi connectivity index (χ0n) is 14.3. The number of rotatable bonds is 3. The highest BCUT2D eigenvalue weighted by molar-refractivity contribution is 5.75. The van der Waals surface area contributed by atoms with Crippen LogP contribution in [0.15, 0.2) is 30.3 Å². The Morgan fingerprint density at radius 3 is 2.54 bits per heavy atom. The third-order valence-electron chi connectivity index (χ3n) is 5.54. The Morgan fingerprint density at radius 1 is 1.25 bits per heavy atom. The molecule has 5 nitrogen and oxygen atoms in total. The molecule has 1 N–H and O–H groups in total. The summed E-state index contributed by atoms with van der Waals surface area (Å²) in [6.45, 7) is 5.31. The van der Waals surface area contributed by atoms with E-state index in [1.54, 1.807) is 4.90 Å². The molecule has 3 rings (SSSR count). The molecule has 0 aromatic heterocycles. The molecule has 5 heteroatoms. The third kappa shape index (κ3) is 3.25. The summed E-state index contributed by atoms with van der Waals surface area (Å²) in [5.74, 6) is -1.30. The maximum absolute atomic E-state index is 12.4. The molecular weight excluding hydrogens is 306 g/mol. The van der Waals surface area contributed by atoms with Crippen LogP contribution in [0.5, 0.6) is 0 Å². The van der Waals surface area contributed by atoms with Crippen molar-refractivity contribution in [2.24, 2.45) is 16.7 Å². The predicted octanol–water partition coefficient (Wildman–Crippen LogP) is 3.54. The van der Waals surface area contributed by atoms with Gasteiger partial charge in [0.2, 0.25) is 0 Å². The van der Waals surface area contributed by atoms with Crippen LogP contribution in [0.1, 0.15) is 38.7 Å². The van der Waals surface area contributed by atoms with Crippen molar-refractivity contribution in [1.82, 2.24) is 4.90 Å². The summed E-state index contributed by atoms with van der Waals surface area (Å²) in [5.41, 5.74) is 0.759. The molecule has 0 radical (unpaired) electrons. The number of carboxylic acid groups (broad SMARTS) is 1. The van der Waals surface area contributed by atoms with Gasteiger partial charge in [0.05, 0.1) is 5.92 Å². The van der Waals surface area contributed by atoms with Crippen molar-refractivity contribution >= 4 is 12.1 Å². The fourth-order valence-electron chi connectivity index (χ4n) is 4.41. The molecule has 2 atom stereocenters. The first-order chi connectivity index (χ1) is 11.3. The van der Waals surface area contributed by atoms with E-state index >= 15 is 0 Å². The summed E-state index contributed by atoms with van der Waals surface area (Å²) >= 11 is 0. The Morgan fingerprint density at radius 2 is 1.96 bits per heavy atom. The van der Waals surface area contributed by atoms with Gasteiger partial charge in [0.25, 0.3) is 0 Å². The first-order valence-electron chi connectivity index (χ1n) is 8.50. The highest BCUT2D eigenvalue weighted by atomic mass is 16.6. The van der Waals surface area contributed by atoms with Crippen molar-refractivity contribution in [3.8, 4) is 0 Å². The topological polar surface area (TPSA) is 66.8 Å². The van der Waals surface area contributed by atoms with Gasteiger partial charge in [-0.2, -0.15) is 0 Å². The molecule has 1 aromatic carbocycles. The van der Waals surface area contributed by atoms with Gasteiger partial charge < -0.3 is 14.7 Å². The van der Waals surface area contributed by atoms with Crippen molar-refractivity contribution in [1.29, 1.82) is 0 Å². The quantitative estimate of drug-likeness (QED) is 0.920. The van der Waals surface area contributed by atoms with Crippen LogP contribution in [0.4, 0.5) is 4.79 Å². The van der Waals surface area contributed by atoms with E-state index in [9.17, 15) is 14.7 Å². The molecule has 2 aliphatic rings. The maximum atomic E-state index is 12.4. The van der Waals surface area contributed by atoms with E-state index in [1.165, 1.54) is 0 Å². The minimum atomic E-state index is -0.800. The number of carbonyl (C=O) groups is 2. The van der Waals surface area contributed by atoms with Crippen molar-refractivity contribution in [3.63, 3.8) is 0 Å². The number of amides is 1. The van der Waals surface area contributed by atoms with Gasteiger partial charge in [-0.3, -0.25) is 4.79 Å². The van der Waals surface area contributed by atoms with Crippen LogP contribution >= 0.6 is 0 Å². The minimum absolute atomic E-state index is 0.137. The Balaban J connectivity index is 1.67. The average molecular weight is 331 g/mol. The molecule has 1 amide bonds. The lowest BCUT2D eigenvalue weighted by Gasteiger charge is -2.29. The third-order valence-corrected chi connectivity index (χ3v) is 5.54. The summed E-state index contributed by atoms with van der Waals surface area (Å²) in [5, 5.41) is 9.64. The Bertz CT molecular complexity index is 628. The second-order valence-electron chi connectivity index (χ2n) is 8.01. The molecule has 2 unspecified atom stereocenters. The van der Waals surface area contributed by atoms with Crippen LogP contribution in [-0.2, 0) is 16.1 Å². The monoisotopic (exact) mass is 331 g/mol. The van der Waals surface area contributed by atoms with Crippen molar-refractivity contribution in [2.45, 2.75) is 39.7 Å². The van der Waals surface area contributed by atoms with Gasteiger partial charge in [-0.15, -0.1) is 0 Å². The van der Waals surface area contributed by atoms with Gasteiger partial charge in [0, 0.05) is 18.5 Å². The van der Waals surface area contributed by atoms with Gasteiger partial charge in [-0.25, -0.2) is 4.79 Å². The number of nitrogens with zero attached hydrogens (tertiary/aromatic N) is 1. The first kappa shape index (κ1) is 16.8. The summed E-state index contributed by atoms with van der Waals surface area (Å²) < 4.78 is 5.39.